The molecule has 4 rings (SSSR count). The lowest BCUT2D eigenvalue weighted by Crippen LogP contribution is -2.17. The largest absolute Gasteiger partial charge is 0.385 e. The zero-order chi connectivity index (χ0) is 14.9. The number of hydrogen-bond acceptors (Lipinski definition) is 2. The summed E-state index contributed by atoms with van der Waals surface area (Å²) in [6.07, 6.45) is 5.58. The normalized spacial score (nSPS) is 15.6. The maximum Gasteiger partial charge on any atom is 0.255 e. The van der Waals surface area contributed by atoms with Crippen molar-refractivity contribution in [3.8, 4) is 0 Å². The summed E-state index contributed by atoms with van der Waals surface area (Å²) in [5, 5.41) is 6.50. The Hall–Kier alpha value is -2.29. The van der Waals surface area contributed by atoms with E-state index in [1.54, 1.807) is 0 Å². The Kier molecular flexibility index (Phi) is 3.34. The first-order valence-electron chi connectivity index (χ1n) is 8.10. The van der Waals surface area contributed by atoms with Crippen LogP contribution >= 0.6 is 0 Å². The summed E-state index contributed by atoms with van der Waals surface area (Å²) >= 11 is 0. The van der Waals surface area contributed by atoms with Gasteiger partial charge in [-0.25, -0.2) is 0 Å². The Labute approximate surface area is 130 Å². The van der Waals surface area contributed by atoms with E-state index in [-0.39, 0.29) is 5.91 Å². The molecule has 112 valence electrons. The van der Waals surface area contributed by atoms with Crippen LogP contribution in [-0.2, 0) is 19.3 Å². The molecule has 3 nitrogen and oxygen atoms in total. The minimum absolute atomic E-state index is 0.00586. The van der Waals surface area contributed by atoms with E-state index in [1.807, 2.05) is 18.2 Å². The van der Waals surface area contributed by atoms with Crippen molar-refractivity contribution in [1.82, 2.24) is 0 Å². The van der Waals surface area contributed by atoms with Crippen LogP contribution < -0.4 is 10.6 Å². The van der Waals surface area contributed by atoms with Gasteiger partial charge in [-0.2, -0.15) is 0 Å². The summed E-state index contributed by atoms with van der Waals surface area (Å²) in [5.41, 5.74) is 6.82. The van der Waals surface area contributed by atoms with Gasteiger partial charge >= 0.3 is 0 Å². The highest BCUT2D eigenvalue weighted by Gasteiger charge is 2.17. The van der Waals surface area contributed by atoms with Crippen molar-refractivity contribution < 1.29 is 4.79 Å². The third-order valence-corrected chi connectivity index (χ3v) is 4.70. The number of benzene rings is 2. The van der Waals surface area contributed by atoms with Gasteiger partial charge in [0.2, 0.25) is 0 Å². The van der Waals surface area contributed by atoms with E-state index in [9.17, 15) is 4.79 Å². The second-order valence-corrected chi connectivity index (χ2v) is 6.15. The fourth-order valence-electron chi connectivity index (χ4n) is 3.53. The van der Waals surface area contributed by atoms with Gasteiger partial charge in [-0.3, -0.25) is 4.79 Å². The fourth-order valence-corrected chi connectivity index (χ4v) is 3.53. The van der Waals surface area contributed by atoms with E-state index >= 15 is 0 Å². The maximum atomic E-state index is 12.6. The molecular formula is C19H20N2O. The van der Waals surface area contributed by atoms with Crippen molar-refractivity contribution in [2.45, 2.75) is 32.1 Å². The summed E-state index contributed by atoms with van der Waals surface area (Å²) in [6.45, 7) is 1.01. The van der Waals surface area contributed by atoms with Crippen LogP contribution in [0.3, 0.4) is 0 Å². The summed E-state index contributed by atoms with van der Waals surface area (Å²) in [5.74, 6) is -0.00586. The Balaban J connectivity index is 1.60. The van der Waals surface area contributed by atoms with Gasteiger partial charge in [0.15, 0.2) is 0 Å². The Morgan fingerprint density at radius 3 is 2.86 bits per heavy atom. The molecule has 2 aliphatic rings. The van der Waals surface area contributed by atoms with Gasteiger partial charge in [0.05, 0.1) is 0 Å². The number of nitrogens with one attached hydrogen (secondary N) is 2. The molecule has 2 aromatic rings. The predicted molar refractivity (Wildman–Crippen MR) is 89.7 cm³/mol. The molecule has 0 saturated carbocycles. The van der Waals surface area contributed by atoms with E-state index in [4.69, 9.17) is 0 Å². The van der Waals surface area contributed by atoms with Crippen molar-refractivity contribution in [1.29, 1.82) is 0 Å². The van der Waals surface area contributed by atoms with Crippen LogP contribution in [0.1, 0.15) is 39.9 Å². The number of carbonyl (C=O) groups excluding carboxylic acids is 1. The van der Waals surface area contributed by atoms with Gasteiger partial charge in [0, 0.05) is 23.5 Å². The zero-order valence-electron chi connectivity index (χ0n) is 12.6. The molecule has 3 heteroatoms. The van der Waals surface area contributed by atoms with Crippen molar-refractivity contribution in [2.24, 2.45) is 0 Å². The summed E-state index contributed by atoms with van der Waals surface area (Å²) in [7, 11) is 0. The van der Waals surface area contributed by atoms with Crippen LogP contribution in [0.5, 0.6) is 0 Å². The molecule has 0 bridgehead atoms. The standard InChI is InChI=1S/C19H20N2O/c22-19(15-10-9-13-4-1-5-14(13)12-15)21-18-8-2-7-17-16(18)6-3-11-20-17/h2,7-10,12,20H,1,3-6,11H2,(H,21,22). The topological polar surface area (TPSA) is 41.1 Å². The second-order valence-electron chi connectivity index (χ2n) is 6.15. The van der Waals surface area contributed by atoms with Crippen LogP contribution in [0.15, 0.2) is 36.4 Å². The van der Waals surface area contributed by atoms with Gasteiger partial charge in [0.1, 0.15) is 0 Å². The molecule has 0 saturated heterocycles. The first-order chi connectivity index (χ1) is 10.8. The first kappa shape index (κ1) is 13.4. The van der Waals surface area contributed by atoms with Crippen LogP contribution in [0.25, 0.3) is 0 Å². The van der Waals surface area contributed by atoms with Crippen LogP contribution in [0.2, 0.25) is 0 Å². The quantitative estimate of drug-likeness (QED) is 0.884. The van der Waals surface area contributed by atoms with Crippen LogP contribution in [0.4, 0.5) is 11.4 Å². The van der Waals surface area contributed by atoms with Crippen molar-refractivity contribution in [2.75, 3.05) is 17.2 Å². The maximum absolute atomic E-state index is 12.6. The number of rotatable bonds is 2. The molecular weight excluding hydrogens is 272 g/mol. The van der Waals surface area contributed by atoms with E-state index in [0.29, 0.717) is 0 Å². The monoisotopic (exact) mass is 292 g/mol. The molecule has 1 aliphatic carbocycles. The Morgan fingerprint density at radius 2 is 1.91 bits per heavy atom. The molecule has 0 fully saturated rings. The van der Waals surface area contributed by atoms with Crippen molar-refractivity contribution in [3.05, 3.63) is 58.7 Å². The predicted octanol–water partition coefficient (Wildman–Crippen LogP) is 3.79. The lowest BCUT2D eigenvalue weighted by Gasteiger charge is -2.21. The summed E-state index contributed by atoms with van der Waals surface area (Å²) < 4.78 is 0. The molecule has 1 aliphatic heterocycles. The van der Waals surface area contributed by atoms with E-state index in [1.165, 1.54) is 23.1 Å². The highest BCUT2D eigenvalue weighted by Crippen LogP contribution is 2.29. The average Bonchev–Trinajstić information content (AvgIpc) is 3.02. The molecule has 22 heavy (non-hydrogen) atoms. The minimum atomic E-state index is -0.00586. The van der Waals surface area contributed by atoms with Crippen LogP contribution in [0, 0.1) is 0 Å². The molecule has 2 N–H and O–H groups in total. The molecule has 2 aromatic carbocycles. The molecule has 0 atom stereocenters. The van der Waals surface area contributed by atoms with Crippen molar-refractivity contribution in [3.63, 3.8) is 0 Å². The number of hydrogen-bond donors (Lipinski definition) is 2. The summed E-state index contributed by atoms with van der Waals surface area (Å²) in [4.78, 5) is 12.6. The molecule has 0 spiro atoms. The van der Waals surface area contributed by atoms with E-state index in [2.05, 4.69) is 28.8 Å². The smallest absolute Gasteiger partial charge is 0.255 e. The number of anilines is 2. The molecule has 0 radical (unpaired) electrons. The third-order valence-electron chi connectivity index (χ3n) is 4.70. The highest BCUT2D eigenvalue weighted by atomic mass is 16.1. The molecule has 1 amide bonds. The molecule has 1 heterocycles. The lowest BCUT2D eigenvalue weighted by molar-refractivity contribution is 0.102. The van der Waals surface area contributed by atoms with Gasteiger partial charge in [-0.1, -0.05) is 12.1 Å². The lowest BCUT2D eigenvalue weighted by atomic mass is 10.0. The van der Waals surface area contributed by atoms with Gasteiger partial charge in [-0.05, 0) is 73.1 Å². The Bertz CT molecular complexity index is 736. The van der Waals surface area contributed by atoms with Gasteiger partial charge in [-0.15, -0.1) is 0 Å². The SMILES string of the molecule is O=C(Nc1cccc2c1CCCN2)c1ccc2c(c1)CCC2. The average molecular weight is 292 g/mol. The van der Waals surface area contributed by atoms with Gasteiger partial charge < -0.3 is 10.6 Å². The van der Waals surface area contributed by atoms with E-state index < -0.39 is 0 Å². The highest BCUT2D eigenvalue weighted by molar-refractivity contribution is 6.05. The van der Waals surface area contributed by atoms with Crippen molar-refractivity contribution >= 4 is 17.3 Å². The molecule has 0 aromatic heterocycles. The first-order valence-corrected chi connectivity index (χ1v) is 8.10. The number of amides is 1. The third kappa shape index (κ3) is 2.37. The zero-order valence-corrected chi connectivity index (χ0v) is 12.6. The van der Waals surface area contributed by atoms with Gasteiger partial charge in [0.25, 0.3) is 5.91 Å². The molecule has 0 unspecified atom stereocenters. The Morgan fingerprint density at radius 1 is 1.00 bits per heavy atom. The second kappa shape index (κ2) is 5.48. The summed E-state index contributed by atoms with van der Waals surface area (Å²) in [6, 6.07) is 12.2. The number of aryl methyl sites for hydroxylation is 2. The minimum Gasteiger partial charge on any atom is -0.385 e. The number of carbonyl (C=O) groups is 1. The van der Waals surface area contributed by atoms with E-state index in [0.717, 1.165) is 49.2 Å². The fraction of sp³-hybridized carbons (Fsp3) is 0.316. The number of fused-ring (bicyclic) bond motifs is 2. The van der Waals surface area contributed by atoms with Crippen LogP contribution in [-0.4, -0.2) is 12.5 Å².